The first-order valence-electron chi connectivity index (χ1n) is 9.62. The standard InChI is InChI=1S/C22H28N2O2/c1-23(2)21(25)14-17-15-22(20-8-4-3-7-19(17)20)9-11-24(12-10-22)16-18-6-5-13-26-18/h3-8,13,17H,9-12,14-16H2,1-2H3. The molecule has 2 heterocycles. The number of hydrogen-bond acceptors (Lipinski definition) is 3. The highest BCUT2D eigenvalue weighted by molar-refractivity contribution is 5.77. The smallest absolute Gasteiger partial charge is 0.222 e. The minimum Gasteiger partial charge on any atom is -0.468 e. The molecule has 0 saturated carbocycles. The van der Waals surface area contributed by atoms with Crippen LogP contribution < -0.4 is 0 Å². The number of fused-ring (bicyclic) bond motifs is 2. The van der Waals surface area contributed by atoms with E-state index in [4.69, 9.17) is 4.42 Å². The molecule has 1 atom stereocenters. The van der Waals surface area contributed by atoms with Crippen molar-refractivity contribution in [1.82, 2.24) is 9.80 Å². The molecular weight excluding hydrogens is 324 g/mol. The third kappa shape index (κ3) is 3.18. The first kappa shape index (κ1) is 17.3. The van der Waals surface area contributed by atoms with Gasteiger partial charge in [-0.1, -0.05) is 24.3 Å². The fraction of sp³-hybridized carbons (Fsp3) is 0.500. The molecule has 2 aromatic rings. The van der Waals surface area contributed by atoms with Gasteiger partial charge in [-0.05, 0) is 66.9 Å². The van der Waals surface area contributed by atoms with Crippen molar-refractivity contribution in [2.75, 3.05) is 27.2 Å². The van der Waals surface area contributed by atoms with Gasteiger partial charge in [0.15, 0.2) is 0 Å². The van der Waals surface area contributed by atoms with Crippen LogP contribution >= 0.6 is 0 Å². The number of benzene rings is 1. The Hall–Kier alpha value is -2.07. The van der Waals surface area contributed by atoms with Gasteiger partial charge in [0.1, 0.15) is 5.76 Å². The van der Waals surface area contributed by atoms with Crippen molar-refractivity contribution >= 4 is 5.91 Å². The van der Waals surface area contributed by atoms with E-state index in [1.807, 2.05) is 20.2 Å². The highest BCUT2D eigenvalue weighted by Gasteiger charge is 2.45. The van der Waals surface area contributed by atoms with E-state index in [2.05, 4.69) is 35.2 Å². The van der Waals surface area contributed by atoms with E-state index in [-0.39, 0.29) is 11.3 Å². The van der Waals surface area contributed by atoms with Gasteiger partial charge >= 0.3 is 0 Å². The van der Waals surface area contributed by atoms with Crippen LogP contribution in [0, 0.1) is 0 Å². The Kier molecular flexibility index (Phi) is 4.62. The normalized spacial score (nSPS) is 21.7. The molecule has 26 heavy (non-hydrogen) atoms. The van der Waals surface area contributed by atoms with E-state index < -0.39 is 0 Å². The molecule has 1 aliphatic carbocycles. The summed E-state index contributed by atoms with van der Waals surface area (Å²) in [4.78, 5) is 16.5. The molecule has 0 N–H and O–H groups in total. The summed E-state index contributed by atoms with van der Waals surface area (Å²) in [6.45, 7) is 3.07. The van der Waals surface area contributed by atoms with Crippen LogP contribution in [-0.4, -0.2) is 42.9 Å². The number of amides is 1. The highest BCUT2D eigenvalue weighted by Crippen LogP contribution is 2.52. The Labute approximate surface area is 155 Å². The summed E-state index contributed by atoms with van der Waals surface area (Å²) in [6.07, 6.45) is 5.82. The molecule has 0 bridgehead atoms. The third-order valence-electron chi connectivity index (χ3n) is 6.30. The molecule has 0 radical (unpaired) electrons. The van der Waals surface area contributed by atoms with Gasteiger partial charge in [-0.2, -0.15) is 0 Å². The summed E-state index contributed by atoms with van der Waals surface area (Å²) < 4.78 is 5.51. The molecule has 1 spiro atoms. The Morgan fingerprint density at radius 3 is 2.65 bits per heavy atom. The Morgan fingerprint density at radius 1 is 1.19 bits per heavy atom. The third-order valence-corrected chi connectivity index (χ3v) is 6.30. The highest BCUT2D eigenvalue weighted by atomic mass is 16.3. The SMILES string of the molecule is CN(C)C(=O)CC1CC2(CCN(Cc3ccco3)CC2)c2ccccc21. The van der Waals surface area contributed by atoms with Crippen LogP contribution in [0.3, 0.4) is 0 Å². The van der Waals surface area contributed by atoms with Gasteiger partial charge in [-0.15, -0.1) is 0 Å². The Morgan fingerprint density at radius 2 is 1.96 bits per heavy atom. The lowest BCUT2D eigenvalue weighted by Gasteiger charge is -2.40. The maximum Gasteiger partial charge on any atom is 0.222 e. The first-order valence-corrected chi connectivity index (χ1v) is 9.62. The van der Waals surface area contributed by atoms with Crippen molar-refractivity contribution < 1.29 is 9.21 Å². The van der Waals surface area contributed by atoms with E-state index >= 15 is 0 Å². The number of nitrogens with zero attached hydrogens (tertiary/aromatic N) is 2. The number of furan rings is 1. The molecular formula is C22H28N2O2. The van der Waals surface area contributed by atoms with E-state index in [9.17, 15) is 4.79 Å². The van der Waals surface area contributed by atoms with Gasteiger partial charge in [-0.25, -0.2) is 0 Å². The fourth-order valence-corrected chi connectivity index (χ4v) is 4.84. The van der Waals surface area contributed by atoms with Crippen LogP contribution in [0.5, 0.6) is 0 Å². The zero-order valence-electron chi connectivity index (χ0n) is 15.8. The second-order valence-electron chi connectivity index (χ2n) is 8.12. The number of carbonyl (C=O) groups excluding carboxylic acids is 1. The Bertz CT molecular complexity index is 758. The topological polar surface area (TPSA) is 36.7 Å². The molecule has 1 amide bonds. The van der Waals surface area contributed by atoms with E-state index in [0.717, 1.165) is 44.7 Å². The average Bonchev–Trinajstić information content (AvgIpc) is 3.25. The van der Waals surface area contributed by atoms with Gasteiger partial charge in [0.25, 0.3) is 0 Å². The number of rotatable bonds is 4. The Balaban J connectivity index is 1.49. The van der Waals surface area contributed by atoms with Crippen molar-refractivity contribution in [3.8, 4) is 0 Å². The number of piperidine rings is 1. The van der Waals surface area contributed by atoms with Crippen molar-refractivity contribution in [1.29, 1.82) is 0 Å². The molecule has 1 fully saturated rings. The summed E-state index contributed by atoms with van der Waals surface area (Å²) in [6, 6.07) is 12.8. The molecule has 4 heteroatoms. The molecule has 1 aliphatic heterocycles. The second-order valence-corrected chi connectivity index (χ2v) is 8.12. The maximum atomic E-state index is 12.3. The van der Waals surface area contributed by atoms with Crippen LogP contribution in [0.1, 0.15) is 48.5 Å². The fourth-order valence-electron chi connectivity index (χ4n) is 4.84. The van der Waals surface area contributed by atoms with Crippen molar-refractivity contribution in [2.24, 2.45) is 0 Å². The summed E-state index contributed by atoms with van der Waals surface area (Å²) >= 11 is 0. The lowest BCUT2D eigenvalue weighted by Crippen LogP contribution is -2.41. The van der Waals surface area contributed by atoms with E-state index in [1.165, 1.54) is 11.1 Å². The lowest BCUT2D eigenvalue weighted by molar-refractivity contribution is -0.129. The van der Waals surface area contributed by atoms with Crippen LogP contribution in [-0.2, 0) is 16.8 Å². The van der Waals surface area contributed by atoms with E-state index in [1.54, 1.807) is 11.2 Å². The minimum atomic E-state index is 0.233. The van der Waals surface area contributed by atoms with Gasteiger partial charge in [0, 0.05) is 20.5 Å². The van der Waals surface area contributed by atoms with Gasteiger partial charge in [-0.3, -0.25) is 9.69 Å². The maximum absolute atomic E-state index is 12.3. The molecule has 1 aromatic heterocycles. The van der Waals surface area contributed by atoms with Crippen LogP contribution in [0.2, 0.25) is 0 Å². The number of carbonyl (C=O) groups is 1. The number of hydrogen-bond donors (Lipinski definition) is 0. The van der Waals surface area contributed by atoms with Crippen LogP contribution in [0.4, 0.5) is 0 Å². The quantitative estimate of drug-likeness (QED) is 0.840. The molecule has 1 unspecified atom stereocenters. The summed E-state index contributed by atoms with van der Waals surface area (Å²) in [5.41, 5.74) is 3.14. The predicted octanol–water partition coefficient (Wildman–Crippen LogP) is 3.78. The van der Waals surface area contributed by atoms with Crippen molar-refractivity contribution in [3.05, 3.63) is 59.5 Å². The minimum absolute atomic E-state index is 0.233. The molecule has 1 saturated heterocycles. The molecule has 4 rings (SSSR count). The van der Waals surface area contributed by atoms with Crippen LogP contribution in [0.25, 0.3) is 0 Å². The molecule has 2 aliphatic rings. The molecule has 4 nitrogen and oxygen atoms in total. The second kappa shape index (κ2) is 6.92. The predicted molar refractivity (Wildman–Crippen MR) is 102 cm³/mol. The molecule has 138 valence electrons. The van der Waals surface area contributed by atoms with Gasteiger partial charge < -0.3 is 9.32 Å². The zero-order chi connectivity index (χ0) is 18.1. The largest absolute Gasteiger partial charge is 0.468 e. The summed E-state index contributed by atoms with van der Waals surface area (Å²) in [7, 11) is 3.71. The lowest BCUT2D eigenvalue weighted by atomic mass is 9.73. The average molecular weight is 352 g/mol. The van der Waals surface area contributed by atoms with E-state index in [0.29, 0.717) is 12.3 Å². The van der Waals surface area contributed by atoms with Gasteiger partial charge in [0.2, 0.25) is 5.91 Å². The zero-order valence-corrected chi connectivity index (χ0v) is 15.8. The van der Waals surface area contributed by atoms with Crippen molar-refractivity contribution in [3.63, 3.8) is 0 Å². The van der Waals surface area contributed by atoms with Gasteiger partial charge in [0.05, 0.1) is 12.8 Å². The van der Waals surface area contributed by atoms with Crippen LogP contribution in [0.15, 0.2) is 47.1 Å². The van der Waals surface area contributed by atoms with Crippen molar-refractivity contribution in [2.45, 2.75) is 43.6 Å². The monoisotopic (exact) mass is 352 g/mol. The summed E-state index contributed by atoms with van der Waals surface area (Å²) in [5.74, 6) is 1.64. The number of likely N-dealkylation sites (tertiary alicyclic amines) is 1. The molecule has 1 aromatic carbocycles. The summed E-state index contributed by atoms with van der Waals surface area (Å²) in [5, 5.41) is 0. The first-order chi connectivity index (χ1) is 12.6.